The van der Waals surface area contributed by atoms with Crippen molar-refractivity contribution in [3.8, 4) is 22.8 Å². The van der Waals surface area contributed by atoms with Crippen molar-refractivity contribution in [1.29, 1.82) is 0 Å². The van der Waals surface area contributed by atoms with E-state index in [0.717, 1.165) is 0 Å². The number of nitrogens with one attached hydrogen (secondary N) is 1. The van der Waals surface area contributed by atoms with Crippen LogP contribution in [-0.4, -0.2) is 19.9 Å². The third kappa shape index (κ3) is 2.32. The third-order valence-electron chi connectivity index (χ3n) is 2.60. The molecule has 0 saturated heterocycles. The Hall–Kier alpha value is -1.91. The summed E-state index contributed by atoms with van der Waals surface area (Å²) in [6.07, 6.45) is 6.60. The van der Waals surface area contributed by atoms with Gasteiger partial charge in [0.05, 0.1) is 21.9 Å². The highest BCUT2D eigenvalue weighted by molar-refractivity contribution is 6.39. The third-order valence-corrected chi connectivity index (χ3v) is 3.23. The van der Waals surface area contributed by atoms with Crippen molar-refractivity contribution in [2.24, 2.45) is 0 Å². The van der Waals surface area contributed by atoms with E-state index < -0.39 is 0 Å². The fourth-order valence-electron chi connectivity index (χ4n) is 1.74. The zero-order valence-corrected chi connectivity index (χ0v) is 11.2. The van der Waals surface area contributed by atoms with Crippen molar-refractivity contribution < 1.29 is 0 Å². The molecule has 0 aliphatic rings. The largest absolute Gasteiger partial charge is 0.343 e. The molecule has 0 radical (unpaired) electrons. The molecule has 0 amide bonds. The predicted octanol–water partition coefficient (Wildman–Crippen LogP) is 3.84. The highest BCUT2D eigenvalue weighted by Gasteiger charge is 2.12. The van der Waals surface area contributed by atoms with Crippen molar-refractivity contribution in [2.75, 3.05) is 0 Å². The first-order chi connectivity index (χ1) is 9.25. The maximum atomic E-state index is 6.15. The Bertz CT molecular complexity index is 689. The molecule has 0 unspecified atom stereocenters. The molecule has 1 N–H and O–H groups in total. The van der Waals surface area contributed by atoms with Crippen LogP contribution in [0, 0.1) is 0 Å². The van der Waals surface area contributed by atoms with Gasteiger partial charge in [-0.2, -0.15) is 0 Å². The Kier molecular flexibility index (Phi) is 3.19. The average Bonchev–Trinajstić information content (AvgIpc) is 2.89. The van der Waals surface area contributed by atoms with Gasteiger partial charge >= 0.3 is 0 Å². The van der Waals surface area contributed by atoms with Gasteiger partial charge in [0.1, 0.15) is 5.69 Å². The molecule has 0 aliphatic carbocycles. The van der Waals surface area contributed by atoms with E-state index in [1.807, 2.05) is 0 Å². The second-order valence-corrected chi connectivity index (χ2v) is 4.64. The zero-order valence-electron chi connectivity index (χ0n) is 9.64. The summed E-state index contributed by atoms with van der Waals surface area (Å²) in [4.78, 5) is 15.7. The van der Waals surface area contributed by atoms with Gasteiger partial charge in [0, 0.05) is 24.2 Å². The standard InChI is InChI=1S/C13H8Cl2N4/c14-8-2-1-3-9(15)12(8)10-7-18-13(19-10)11-6-16-4-5-17-11/h1-7H,(H,18,19). The van der Waals surface area contributed by atoms with Gasteiger partial charge in [0.2, 0.25) is 0 Å². The number of benzene rings is 1. The summed E-state index contributed by atoms with van der Waals surface area (Å²) in [5, 5.41) is 1.12. The van der Waals surface area contributed by atoms with E-state index >= 15 is 0 Å². The fraction of sp³-hybridized carbons (Fsp3) is 0. The molecular formula is C13H8Cl2N4. The molecule has 3 rings (SSSR count). The number of hydrogen-bond acceptors (Lipinski definition) is 3. The molecule has 4 nitrogen and oxygen atoms in total. The Labute approximate surface area is 119 Å². The molecule has 3 aromatic rings. The SMILES string of the molecule is Clc1cccc(Cl)c1-c1c[nH]c(-c2cnccn2)n1. The quantitative estimate of drug-likeness (QED) is 0.780. The molecule has 1 aromatic carbocycles. The van der Waals surface area contributed by atoms with Crippen molar-refractivity contribution >= 4 is 23.2 Å². The van der Waals surface area contributed by atoms with Crippen LogP contribution in [0.25, 0.3) is 22.8 Å². The summed E-state index contributed by atoms with van der Waals surface area (Å²) in [5.41, 5.74) is 2.05. The number of hydrogen-bond donors (Lipinski definition) is 1. The van der Waals surface area contributed by atoms with Gasteiger partial charge in [-0.05, 0) is 12.1 Å². The molecule has 0 saturated carbocycles. The van der Waals surface area contributed by atoms with E-state index in [1.54, 1.807) is 43.0 Å². The lowest BCUT2D eigenvalue weighted by Crippen LogP contribution is -1.86. The second-order valence-electron chi connectivity index (χ2n) is 3.82. The number of aromatic nitrogens is 4. The first kappa shape index (κ1) is 12.1. The maximum Gasteiger partial charge on any atom is 0.158 e. The van der Waals surface area contributed by atoms with E-state index in [2.05, 4.69) is 19.9 Å². The van der Waals surface area contributed by atoms with Crippen molar-refractivity contribution in [3.63, 3.8) is 0 Å². The molecule has 0 bridgehead atoms. The number of imidazole rings is 1. The van der Waals surface area contributed by atoms with Crippen molar-refractivity contribution in [3.05, 3.63) is 53.0 Å². The van der Waals surface area contributed by atoms with E-state index in [1.165, 1.54) is 0 Å². The van der Waals surface area contributed by atoms with Crippen LogP contribution in [0.1, 0.15) is 0 Å². The van der Waals surface area contributed by atoms with Gasteiger partial charge in [0.15, 0.2) is 5.82 Å². The van der Waals surface area contributed by atoms with Crippen LogP contribution in [0.2, 0.25) is 10.0 Å². The van der Waals surface area contributed by atoms with Crippen LogP contribution < -0.4 is 0 Å². The fourth-order valence-corrected chi connectivity index (χ4v) is 2.34. The monoisotopic (exact) mass is 290 g/mol. The molecule has 0 atom stereocenters. The van der Waals surface area contributed by atoms with Gasteiger partial charge in [-0.25, -0.2) is 9.97 Å². The lowest BCUT2D eigenvalue weighted by molar-refractivity contribution is 1.16. The molecule has 6 heteroatoms. The van der Waals surface area contributed by atoms with Crippen LogP contribution in [0.15, 0.2) is 43.0 Å². The molecule has 2 heterocycles. The van der Waals surface area contributed by atoms with Gasteiger partial charge in [0.25, 0.3) is 0 Å². The summed E-state index contributed by atoms with van der Waals surface area (Å²) in [5.74, 6) is 0.624. The Morgan fingerprint density at radius 2 is 1.79 bits per heavy atom. The zero-order chi connectivity index (χ0) is 13.2. The minimum atomic E-state index is 0.560. The van der Waals surface area contributed by atoms with E-state index in [0.29, 0.717) is 32.8 Å². The summed E-state index contributed by atoms with van der Waals surface area (Å²) < 4.78 is 0. The van der Waals surface area contributed by atoms with Crippen LogP contribution in [0.4, 0.5) is 0 Å². The normalized spacial score (nSPS) is 10.6. The van der Waals surface area contributed by atoms with Gasteiger partial charge in [-0.1, -0.05) is 29.3 Å². The lowest BCUT2D eigenvalue weighted by atomic mass is 10.2. The molecule has 94 valence electrons. The number of rotatable bonds is 2. The molecule has 2 aromatic heterocycles. The summed E-state index contributed by atoms with van der Waals surface area (Å²) in [7, 11) is 0. The minimum absolute atomic E-state index is 0.560. The van der Waals surface area contributed by atoms with E-state index in [4.69, 9.17) is 23.2 Å². The second kappa shape index (κ2) is 4.99. The molecule has 19 heavy (non-hydrogen) atoms. The minimum Gasteiger partial charge on any atom is -0.343 e. The van der Waals surface area contributed by atoms with Gasteiger partial charge < -0.3 is 4.98 Å². The molecule has 0 aliphatic heterocycles. The lowest BCUT2D eigenvalue weighted by Gasteiger charge is -2.02. The van der Waals surface area contributed by atoms with Gasteiger partial charge in [-0.3, -0.25) is 4.98 Å². The molecule has 0 fully saturated rings. The number of aromatic amines is 1. The van der Waals surface area contributed by atoms with Gasteiger partial charge in [-0.15, -0.1) is 0 Å². The van der Waals surface area contributed by atoms with E-state index in [9.17, 15) is 0 Å². The molecular weight excluding hydrogens is 283 g/mol. The Morgan fingerprint density at radius 3 is 2.47 bits per heavy atom. The highest BCUT2D eigenvalue weighted by atomic mass is 35.5. The number of H-pyrrole nitrogens is 1. The van der Waals surface area contributed by atoms with Crippen LogP contribution in [0.5, 0.6) is 0 Å². The van der Waals surface area contributed by atoms with Crippen LogP contribution in [-0.2, 0) is 0 Å². The smallest absolute Gasteiger partial charge is 0.158 e. The topological polar surface area (TPSA) is 54.5 Å². The summed E-state index contributed by atoms with van der Waals surface area (Å²) in [6, 6.07) is 5.35. The molecule has 0 spiro atoms. The van der Waals surface area contributed by atoms with Crippen molar-refractivity contribution in [1.82, 2.24) is 19.9 Å². The Balaban J connectivity index is 2.07. The first-order valence-corrected chi connectivity index (χ1v) is 6.27. The number of nitrogens with zero attached hydrogens (tertiary/aromatic N) is 3. The highest BCUT2D eigenvalue weighted by Crippen LogP contribution is 2.34. The first-order valence-electron chi connectivity index (χ1n) is 5.52. The van der Waals surface area contributed by atoms with Crippen molar-refractivity contribution in [2.45, 2.75) is 0 Å². The number of halogens is 2. The van der Waals surface area contributed by atoms with E-state index in [-0.39, 0.29) is 0 Å². The Morgan fingerprint density at radius 1 is 1.00 bits per heavy atom. The summed E-state index contributed by atoms with van der Waals surface area (Å²) in [6.45, 7) is 0. The average molecular weight is 291 g/mol. The predicted molar refractivity (Wildman–Crippen MR) is 75.1 cm³/mol. The summed E-state index contributed by atoms with van der Waals surface area (Å²) >= 11 is 12.3. The maximum absolute atomic E-state index is 6.15. The van der Waals surface area contributed by atoms with Crippen LogP contribution in [0.3, 0.4) is 0 Å². The van der Waals surface area contributed by atoms with Crippen LogP contribution >= 0.6 is 23.2 Å².